The molecular weight excluding hydrogens is 352 g/mol. The van der Waals surface area contributed by atoms with E-state index >= 15 is 0 Å². The molecule has 0 aliphatic carbocycles. The number of hydrogen-bond donors (Lipinski definition) is 1. The van der Waals surface area contributed by atoms with Gasteiger partial charge in [-0.3, -0.25) is 0 Å². The van der Waals surface area contributed by atoms with Crippen molar-refractivity contribution in [1.82, 2.24) is 8.96 Å². The summed E-state index contributed by atoms with van der Waals surface area (Å²) >= 11 is 6.12. The molecule has 124 valence electrons. The highest BCUT2D eigenvalue weighted by molar-refractivity contribution is 7.89. The van der Waals surface area contributed by atoms with Gasteiger partial charge in [-0.2, -0.15) is 0 Å². The SMILES string of the molecule is Cc1cc(Cl)c2cc(C(=O)O)n(S(=O)(=O)Cc3ccccc3)c2n1. The summed E-state index contributed by atoms with van der Waals surface area (Å²) < 4.78 is 26.4. The fourth-order valence-corrected chi connectivity index (χ4v) is 4.38. The summed E-state index contributed by atoms with van der Waals surface area (Å²) in [6.07, 6.45) is 0. The number of nitrogens with zero attached hydrogens (tertiary/aromatic N) is 2. The van der Waals surface area contributed by atoms with E-state index in [1.54, 1.807) is 43.3 Å². The van der Waals surface area contributed by atoms with Crippen molar-refractivity contribution >= 4 is 38.6 Å². The maximum atomic E-state index is 12.8. The molecule has 0 saturated carbocycles. The van der Waals surface area contributed by atoms with Gasteiger partial charge in [0.15, 0.2) is 5.65 Å². The number of carboxylic acids is 1. The molecule has 6 nitrogen and oxygen atoms in total. The van der Waals surface area contributed by atoms with Crippen LogP contribution >= 0.6 is 11.6 Å². The highest BCUT2D eigenvalue weighted by Gasteiger charge is 2.26. The standard InChI is InChI=1S/C16H13ClN2O4S/c1-10-7-13(17)12-8-14(16(20)21)19(15(12)18-10)24(22,23)9-11-5-3-2-4-6-11/h2-8H,9H2,1H3,(H,20,21). The van der Waals surface area contributed by atoms with Gasteiger partial charge in [-0.1, -0.05) is 41.9 Å². The van der Waals surface area contributed by atoms with Gasteiger partial charge >= 0.3 is 5.97 Å². The fraction of sp³-hybridized carbons (Fsp3) is 0.125. The van der Waals surface area contributed by atoms with Crippen LogP contribution in [0.1, 0.15) is 21.7 Å². The van der Waals surface area contributed by atoms with Crippen molar-refractivity contribution in [2.24, 2.45) is 0 Å². The number of hydrogen-bond acceptors (Lipinski definition) is 4. The molecule has 0 aliphatic heterocycles. The lowest BCUT2D eigenvalue weighted by Crippen LogP contribution is -2.20. The molecule has 0 fully saturated rings. The van der Waals surface area contributed by atoms with Crippen molar-refractivity contribution in [3.8, 4) is 0 Å². The van der Waals surface area contributed by atoms with Crippen molar-refractivity contribution < 1.29 is 18.3 Å². The molecule has 0 aliphatic rings. The van der Waals surface area contributed by atoms with Gasteiger partial charge in [-0.15, -0.1) is 0 Å². The Bertz CT molecular complexity index is 1040. The lowest BCUT2D eigenvalue weighted by atomic mass is 10.2. The number of carbonyl (C=O) groups is 1. The predicted molar refractivity (Wildman–Crippen MR) is 90.9 cm³/mol. The molecule has 8 heteroatoms. The third kappa shape index (κ3) is 2.88. The van der Waals surface area contributed by atoms with Gasteiger partial charge in [0.05, 0.1) is 10.8 Å². The van der Waals surface area contributed by atoms with Crippen LogP contribution in [0.15, 0.2) is 42.5 Å². The molecule has 0 radical (unpaired) electrons. The molecular formula is C16H13ClN2O4S. The second-order valence-corrected chi connectivity index (χ2v) is 7.55. The van der Waals surface area contributed by atoms with E-state index in [0.717, 1.165) is 3.97 Å². The fourth-order valence-electron chi connectivity index (χ4n) is 2.50. The molecule has 0 saturated heterocycles. The minimum absolute atomic E-state index is 0.0216. The summed E-state index contributed by atoms with van der Waals surface area (Å²) in [7, 11) is -3.99. The van der Waals surface area contributed by atoms with Crippen LogP contribution in [0, 0.1) is 6.92 Å². The monoisotopic (exact) mass is 364 g/mol. The van der Waals surface area contributed by atoms with Gasteiger partial charge < -0.3 is 5.11 Å². The minimum atomic E-state index is -3.99. The van der Waals surface area contributed by atoms with Gasteiger partial charge in [-0.05, 0) is 24.6 Å². The van der Waals surface area contributed by atoms with E-state index in [4.69, 9.17) is 11.6 Å². The van der Waals surface area contributed by atoms with Gasteiger partial charge in [0.2, 0.25) is 10.0 Å². The van der Waals surface area contributed by atoms with E-state index in [2.05, 4.69) is 4.98 Å². The number of halogens is 1. The van der Waals surface area contributed by atoms with Crippen molar-refractivity contribution in [3.63, 3.8) is 0 Å². The zero-order valence-corrected chi connectivity index (χ0v) is 14.2. The molecule has 0 bridgehead atoms. The zero-order chi connectivity index (χ0) is 17.5. The Balaban J connectivity index is 2.27. The molecule has 24 heavy (non-hydrogen) atoms. The second-order valence-electron chi connectivity index (χ2n) is 5.32. The van der Waals surface area contributed by atoms with E-state index in [-0.39, 0.29) is 27.5 Å². The summed E-state index contributed by atoms with van der Waals surface area (Å²) in [6.45, 7) is 1.66. The average Bonchev–Trinajstić information content (AvgIpc) is 2.88. The zero-order valence-electron chi connectivity index (χ0n) is 12.6. The van der Waals surface area contributed by atoms with E-state index < -0.39 is 16.0 Å². The van der Waals surface area contributed by atoms with E-state index in [0.29, 0.717) is 11.3 Å². The van der Waals surface area contributed by atoms with Crippen molar-refractivity contribution in [2.45, 2.75) is 12.7 Å². The average molecular weight is 365 g/mol. The molecule has 2 heterocycles. The normalized spacial score (nSPS) is 11.8. The summed E-state index contributed by atoms with van der Waals surface area (Å²) in [5, 5.41) is 9.95. The number of aromatic nitrogens is 2. The van der Waals surface area contributed by atoms with Crippen molar-refractivity contribution in [3.05, 3.63) is 64.4 Å². The Morgan fingerprint density at radius 3 is 2.54 bits per heavy atom. The van der Waals surface area contributed by atoms with Crippen LogP contribution in [-0.2, 0) is 15.8 Å². The number of carboxylic acid groups (broad SMARTS) is 1. The maximum absolute atomic E-state index is 12.8. The molecule has 0 amide bonds. The summed E-state index contributed by atoms with van der Waals surface area (Å²) in [5.41, 5.74) is 0.683. The Morgan fingerprint density at radius 1 is 1.25 bits per heavy atom. The quantitative estimate of drug-likeness (QED) is 0.768. The summed E-state index contributed by atoms with van der Waals surface area (Å²) in [4.78, 5) is 15.7. The number of aryl methyl sites for hydroxylation is 1. The molecule has 0 atom stereocenters. The van der Waals surface area contributed by atoms with Crippen LogP contribution in [0.25, 0.3) is 11.0 Å². The number of benzene rings is 1. The molecule has 2 aromatic heterocycles. The number of aromatic carboxylic acids is 1. The van der Waals surface area contributed by atoms with Gasteiger partial charge in [-0.25, -0.2) is 22.2 Å². The first-order valence-electron chi connectivity index (χ1n) is 6.98. The minimum Gasteiger partial charge on any atom is -0.477 e. The first kappa shape index (κ1) is 16.5. The Morgan fingerprint density at radius 2 is 1.92 bits per heavy atom. The first-order chi connectivity index (χ1) is 11.3. The van der Waals surface area contributed by atoms with Crippen LogP contribution in [0.2, 0.25) is 5.02 Å². The van der Waals surface area contributed by atoms with Crippen LogP contribution in [0.3, 0.4) is 0 Å². The van der Waals surface area contributed by atoms with Crippen molar-refractivity contribution in [2.75, 3.05) is 0 Å². The molecule has 1 aromatic carbocycles. The largest absolute Gasteiger partial charge is 0.477 e. The second kappa shape index (κ2) is 5.92. The highest BCUT2D eigenvalue weighted by atomic mass is 35.5. The van der Waals surface area contributed by atoms with Crippen LogP contribution in [-0.4, -0.2) is 28.5 Å². The topological polar surface area (TPSA) is 89.3 Å². The molecule has 0 spiro atoms. The predicted octanol–water partition coefficient (Wildman–Crippen LogP) is 3.07. The number of rotatable bonds is 4. The molecule has 1 N–H and O–H groups in total. The van der Waals surface area contributed by atoms with Gasteiger partial charge in [0, 0.05) is 11.1 Å². The highest BCUT2D eigenvalue weighted by Crippen LogP contribution is 2.29. The van der Waals surface area contributed by atoms with E-state index in [9.17, 15) is 18.3 Å². The van der Waals surface area contributed by atoms with Gasteiger partial charge in [0.25, 0.3) is 0 Å². The lowest BCUT2D eigenvalue weighted by Gasteiger charge is -2.10. The molecule has 0 unspecified atom stereocenters. The van der Waals surface area contributed by atoms with Gasteiger partial charge in [0.1, 0.15) is 5.69 Å². The number of pyridine rings is 1. The van der Waals surface area contributed by atoms with Crippen LogP contribution in [0.4, 0.5) is 0 Å². The number of fused-ring (bicyclic) bond motifs is 1. The third-order valence-electron chi connectivity index (χ3n) is 3.50. The van der Waals surface area contributed by atoms with Crippen LogP contribution < -0.4 is 0 Å². The Hall–Kier alpha value is -2.38. The van der Waals surface area contributed by atoms with Crippen LogP contribution in [0.5, 0.6) is 0 Å². The third-order valence-corrected chi connectivity index (χ3v) is 5.43. The first-order valence-corrected chi connectivity index (χ1v) is 8.97. The lowest BCUT2D eigenvalue weighted by molar-refractivity contribution is 0.0689. The van der Waals surface area contributed by atoms with E-state index in [1.165, 1.54) is 6.07 Å². The Labute approximate surface area is 143 Å². The molecule has 3 rings (SSSR count). The maximum Gasteiger partial charge on any atom is 0.353 e. The summed E-state index contributed by atoms with van der Waals surface area (Å²) in [6, 6.07) is 11.3. The smallest absolute Gasteiger partial charge is 0.353 e. The molecule has 3 aromatic rings. The summed E-state index contributed by atoms with van der Waals surface area (Å²) in [5.74, 6) is -1.70. The van der Waals surface area contributed by atoms with Crippen molar-refractivity contribution in [1.29, 1.82) is 0 Å². The Kier molecular flexibility index (Phi) is 4.06. The van der Waals surface area contributed by atoms with E-state index in [1.807, 2.05) is 0 Å².